The minimum absolute atomic E-state index is 0.00182. The summed E-state index contributed by atoms with van der Waals surface area (Å²) in [5.74, 6) is -12.8. The van der Waals surface area contributed by atoms with Gasteiger partial charge in [-0.2, -0.15) is 26.3 Å². The van der Waals surface area contributed by atoms with Crippen molar-refractivity contribution in [1.29, 1.82) is 0 Å². The number of aryl methyl sites for hydroxylation is 1. The highest BCUT2D eigenvalue weighted by molar-refractivity contribution is 5.98. The molecule has 2 aromatic carbocycles. The van der Waals surface area contributed by atoms with E-state index < -0.39 is 186 Å². The van der Waals surface area contributed by atoms with Crippen molar-refractivity contribution >= 4 is 65.0 Å². The first-order chi connectivity index (χ1) is 46.6. The molecular formula is C70H101F8N11O11. The van der Waals surface area contributed by atoms with E-state index >= 15 is 0 Å². The number of halogens is 8. The lowest BCUT2D eigenvalue weighted by molar-refractivity contribution is -0.160. The maximum absolute atomic E-state index is 14.9. The zero-order valence-electron chi connectivity index (χ0n) is 59.8. The number of rotatable bonds is 13. The lowest BCUT2D eigenvalue weighted by Crippen LogP contribution is -2.65. The van der Waals surface area contributed by atoms with E-state index in [1.807, 2.05) is 41.5 Å². The van der Waals surface area contributed by atoms with Crippen LogP contribution in [0.1, 0.15) is 162 Å². The Kier molecular flexibility index (Phi) is 29.8. The molecule has 3 fully saturated rings. The summed E-state index contributed by atoms with van der Waals surface area (Å²) in [7, 11) is 6.69. The Labute approximate surface area is 580 Å². The molecule has 3 heterocycles. The second-order valence-electron chi connectivity index (χ2n) is 27.9. The van der Waals surface area contributed by atoms with Crippen LogP contribution in [0.25, 0.3) is 0 Å². The summed E-state index contributed by atoms with van der Waals surface area (Å²) >= 11 is 0. The van der Waals surface area contributed by atoms with Gasteiger partial charge >= 0.3 is 12.4 Å². The first-order valence-corrected chi connectivity index (χ1v) is 34.4. The molecule has 0 spiro atoms. The molecule has 2 aromatic rings. The first kappa shape index (κ1) is 82.7. The quantitative estimate of drug-likeness (QED) is 0.150. The van der Waals surface area contributed by atoms with Crippen LogP contribution < -0.4 is 21.3 Å². The average molecular weight is 1420 g/mol. The fourth-order valence-corrected chi connectivity index (χ4v) is 13.0. The number of benzene rings is 2. The van der Waals surface area contributed by atoms with Gasteiger partial charge in [0.25, 0.3) is 0 Å². The highest BCUT2D eigenvalue weighted by Gasteiger charge is 2.47. The van der Waals surface area contributed by atoms with Gasteiger partial charge in [-0.1, -0.05) is 80.4 Å². The third kappa shape index (κ3) is 21.5. The fraction of sp³-hybridized carbons (Fsp3) is 0.671. The van der Waals surface area contributed by atoms with Crippen molar-refractivity contribution in [2.45, 2.75) is 219 Å². The van der Waals surface area contributed by atoms with Gasteiger partial charge in [-0.05, 0) is 124 Å². The van der Waals surface area contributed by atoms with E-state index in [-0.39, 0.29) is 99.9 Å². The number of amides is 11. The van der Waals surface area contributed by atoms with Crippen LogP contribution in [0.15, 0.2) is 36.4 Å². The van der Waals surface area contributed by atoms with Gasteiger partial charge in [-0.3, -0.25) is 52.7 Å². The second-order valence-corrected chi connectivity index (χ2v) is 27.9. The zero-order valence-corrected chi connectivity index (χ0v) is 59.8. The maximum atomic E-state index is 14.9. The van der Waals surface area contributed by atoms with E-state index in [0.29, 0.717) is 31.4 Å². The van der Waals surface area contributed by atoms with Gasteiger partial charge in [0.1, 0.15) is 65.5 Å². The van der Waals surface area contributed by atoms with E-state index in [1.54, 1.807) is 13.8 Å². The van der Waals surface area contributed by atoms with Crippen LogP contribution >= 0.6 is 0 Å². The average Bonchev–Trinajstić information content (AvgIpc) is 0.906. The van der Waals surface area contributed by atoms with E-state index in [1.165, 1.54) is 49.8 Å². The summed E-state index contributed by atoms with van der Waals surface area (Å²) in [6, 6.07) is -6.48. The van der Waals surface area contributed by atoms with Gasteiger partial charge in [0.05, 0.1) is 12.1 Å². The van der Waals surface area contributed by atoms with Crippen LogP contribution in [0, 0.1) is 35.3 Å². The smallest absolute Gasteiger partial charge is 0.354 e. The molecule has 0 radical (unpaired) electrons. The molecule has 0 unspecified atom stereocenters. The summed E-state index contributed by atoms with van der Waals surface area (Å²) in [5.41, 5.74) is -3.40. The number of likely N-dealkylation sites (N-methyl/N-ethyl adjacent to an activating group) is 5. The zero-order chi connectivity index (χ0) is 75.2. The molecule has 22 nitrogen and oxygen atoms in total. The topological polar surface area (TPSA) is 259 Å². The van der Waals surface area contributed by atoms with E-state index in [9.17, 15) is 87.9 Å². The van der Waals surface area contributed by atoms with Gasteiger partial charge in [0.15, 0.2) is 0 Å². The molecule has 0 aromatic heterocycles. The molecule has 3 saturated heterocycles. The number of nitrogens with one attached hydrogen (secondary N) is 4. The summed E-state index contributed by atoms with van der Waals surface area (Å²) in [6.45, 7) is 15.2. The summed E-state index contributed by atoms with van der Waals surface area (Å²) in [6.07, 6.45) is -9.66. The van der Waals surface area contributed by atoms with Crippen LogP contribution in [0.3, 0.4) is 0 Å². The molecule has 3 aliphatic rings. The minimum Gasteiger partial charge on any atom is -0.354 e. The lowest BCUT2D eigenvalue weighted by Gasteiger charge is -2.45. The molecule has 11 amide bonds. The van der Waals surface area contributed by atoms with E-state index in [0.717, 1.165) is 50.9 Å². The van der Waals surface area contributed by atoms with Gasteiger partial charge < -0.3 is 55.6 Å². The van der Waals surface area contributed by atoms with Gasteiger partial charge in [-0.15, -0.1) is 0 Å². The number of fused-ring (bicyclic) bond motifs is 2. The van der Waals surface area contributed by atoms with Crippen LogP contribution in [-0.2, 0) is 77.9 Å². The molecule has 0 aliphatic carbocycles. The Hall–Kier alpha value is -7.95. The van der Waals surface area contributed by atoms with Crippen LogP contribution in [-0.4, -0.2) is 215 Å². The summed E-state index contributed by atoms with van der Waals surface area (Å²) in [5, 5.41) is 11.2. The van der Waals surface area contributed by atoms with Crippen LogP contribution in [0.2, 0.25) is 0 Å². The SMILES string of the molecule is CC[C@H](C)[C@@H]1NC(=O)[C@H](CC(C)C)N(C)C(=O)C[C@@H](CC(C)C)NC(=O)[C@H]([C@@H](C)CC)N(C)C(=O)CCCCNC(=O)[C@@H]2CCCN2C(=O)[C@H](CCc2cc(F)c(C(F)(F)F)c(F)c2)NC(=O)CN(C)C(=O)[C@H](Cc2ccc(C(F)(F)F)cc2)N(C)C(=O)[C@@H]2CCN2C(=O)[C@H](C)N(C)C1=O. The Bertz CT molecular complexity index is 3220. The molecule has 11 atom stereocenters. The number of hydrogen-bond donors (Lipinski definition) is 4. The molecule has 5 rings (SSSR count). The van der Waals surface area contributed by atoms with Crippen LogP contribution in [0.4, 0.5) is 35.1 Å². The van der Waals surface area contributed by atoms with Gasteiger partial charge in [-0.25, -0.2) is 8.78 Å². The number of alkyl halides is 6. The van der Waals surface area contributed by atoms with E-state index in [2.05, 4.69) is 21.3 Å². The van der Waals surface area contributed by atoms with Crippen molar-refractivity contribution in [3.63, 3.8) is 0 Å². The number of carbonyl (C=O) groups is 11. The number of hydrogen-bond acceptors (Lipinski definition) is 11. The predicted octanol–water partition coefficient (Wildman–Crippen LogP) is 6.88. The van der Waals surface area contributed by atoms with Crippen LogP contribution in [0.5, 0.6) is 0 Å². The standard InChI is InChI=1S/C70H101F8N11O11/c1-15-41(7)59-68(100)84(11)43(9)64(96)89-31-28-52(89)67(99)86(13)54(36-44-22-25-46(26-23-44)69(73,74)75)66(98)83(10)38-55(90)81-50(27-24-45-34-48(71)58(49(72)35-45)70(76,77)78)65(97)88-30-19-20-51(88)61(93)79-29-18-17-21-56(91)87(14)60(42(8)16-2)63(95)80-47(32-39(3)4)37-57(92)85(12)53(33-40(5)6)62(94)82-59/h22-23,25-26,34-35,39-43,47,50-54,59-60H,15-21,24,27-33,36-38H2,1-14H3,(H,79,93)(H,80,95)(H,81,90)(H,82,94)/t41-,42-,43-,47+,50-,51-,52-,53-,54-,59-,60-/m0/s1. The largest absolute Gasteiger partial charge is 0.422 e. The monoisotopic (exact) mass is 1420 g/mol. The van der Waals surface area contributed by atoms with Crippen molar-refractivity contribution in [3.05, 3.63) is 70.3 Å². The third-order valence-electron chi connectivity index (χ3n) is 19.6. The molecule has 30 heteroatoms. The molecule has 0 bridgehead atoms. The predicted molar refractivity (Wildman–Crippen MR) is 354 cm³/mol. The second kappa shape index (κ2) is 36.1. The maximum Gasteiger partial charge on any atom is 0.422 e. The molecule has 558 valence electrons. The normalized spacial score (nSPS) is 25.3. The summed E-state index contributed by atoms with van der Waals surface area (Å²) < 4.78 is 112. The highest BCUT2D eigenvalue weighted by atomic mass is 19.4. The molecule has 4 N–H and O–H groups in total. The molecule has 100 heavy (non-hydrogen) atoms. The number of nitrogens with zero attached hydrogens (tertiary/aromatic N) is 7. The van der Waals surface area contributed by atoms with Gasteiger partial charge in [0, 0.05) is 80.2 Å². The van der Waals surface area contributed by atoms with Gasteiger partial charge in [0.2, 0.25) is 65.0 Å². The Morgan fingerprint density at radius 1 is 0.560 bits per heavy atom. The molecule has 0 saturated carbocycles. The van der Waals surface area contributed by atoms with Crippen molar-refractivity contribution in [3.8, 4) is 0 Å². The Morgan fingerprint density at radius 2 is 1.16 bits per heavy atom. The Morgan fingerprint density at radius 3 is 1.71 bits per heavy atom. The van der Waals surface area contributed by atoms with Crippen molar-refractivity contribution in [2.75, 3.05) is 61.4 Å². The highest BCUT2D eigenvalue weighted by Crippen LogP contribution is 2.35. The van der Waals surface area contributed by atoms with Crippen molar-refractivity contribution in [1.82, 2.24) is 55.6 Å². The fourth-order valence-electron chi connectivity index (χ4n) is 13.0. The van der Waals surface area contributed by atoms with E-state index in [4.69, 9.17) is 0 Å². The number of carbonyl (C=O) groups excluding carboxylic acids is 11. The lowest BCUT2D eigenvalue weighted by atomic mass is 9.94. The third-order valence-corrected chi connectivity index (χ3v) is 19.6. The molecular weight excluding hydrogens is 1320 g/mol. The van der Waals surface area contributed by atoms with Crippen molar-refractivity contribution in [2.24, 2.45) is 23.7 Å². The minimum atomic E-state index is -5.41. The Balaban J connectivity index is 1.55. The van der Waals surface area contributed by atoms with Crippen molar-refractivity contribution < 1.29 is 87.9 Å². The molecule has 3 aliphatic heterocycles. The summed E-state index contributed by atoms with van der Waals surface area (Å²) in [4.78, 5) is 167. The first-order valence-electron chi connectivity index (χ1n) is 34.4.